The molecule has 8 nitrogen and oxygen atoms in total. The van der Waals surface area contributed by atoms with Crippen LogP contribution in [0.2, 0.25) is 0 Å². The van der Waals surface area contributed by atoms with Crippen molar-refractivity contribution < 1.29 is 4.79 Å². The van der Waals surface area contributed by atoms with E-state index in [1.807, 2.05) is 38.1 Å². The number of aromatic amines is 2. The predicted molar refractivity (Wildman–Crippen MR) is 105 cm³/mol. The number of carbonyl (C=O) groups excluding carboxylic acids is 1. The molecule has 1 amide bonds. The smallest absolute Gasteiger partial charge is 0.225 e. The number of hydrogen-bond donors (Lipinski definition) is 3. The SMILES string of the molecule is CC(C)C(=O)N(C)Cc1nc2c([nH]1)c(N)nc1cc(-c3ccn[nH]3)ccc12. The molecule has 0 fully saturated rings. The summed E-state index contributed by atoms with van der Waals surface area (Å²) in [5.41, 5.74) is 10.3. The van der Waals surface area contributed by atoms with Gasteiger partial charge in [0.1, 0.15) is 22.7 Å². The zero-order chi connectivity index (χ0) is 19.1. The highest BCUT2D eigenvalue weighted by atomic mass is 16.2. The number of H-pyrrole nitrogens is 2. The van der Waals surface area contributed by atoms with Gasteiger partial charge < -0.3 is 15.6 Å². The van der Waals surface area contributed by atoms with Gasteiger partial charge in [-0.3, -0.25) is 9.89 Å². The van der Waals surface area contributed by atoms with Gasteiger partial charge in [0.05, 0.1) is 17.8 Å². The molecule has 4 aromatic rings. The van der Waals surface area contributed by atoms with Crippen LogP contribution in [-0.4, -0.2) is 43.0 Å². The standard InChI is InChI=1S/C19H21N7O/c1-10(2)19(27)26(3)9-15-23-16-12-5-4-11(13-6-7-21-25-13)8-14(12)22-18(20)17(16)24-15/h4-8,10H,9H2,1-3H3,(H2,20,22)(H,21,25)(H,23,24). The van der Waals surface area contributed by atoms with Crippen molar-refractivity contribution in [3.05, 3.63) is 36.3 Å². The first kappa shape index (κ1) is 17.0. The molecule has 0 radical (unpaired) electrons. The first-order valence-corrected chi connectivity index (χ1v) is 8.76. The molecular formula is C19H21N7O. The topological polar surface area (TPSA) is 117 Å². The monoisotopic (exact) mass is 363 g/mol. The van der Waals surface area contributed by atoms with Crippen LogP contribution < -0.4 is 5.73 Å². The number of anilines is 1. The summed E-state index contributed by atoms with van der Waals surface area (Å²) in [4.78, 5) is 26.2. The number of fused-ring (bicyclic) bond motifs is 3. The Labute approximate surface area is 155 Å². The quantitative estimate of drug-likeness (QED) is 0.515. The van der Waals surface area contributed by atoms with Crippen LogP contribution in [0, 0.1) is 5.92 Å². The van der Waals surface area contributed by atoms with Crippen LogP contribution in [0.4, 0.5) is 5.82 Å². The highest BCUT2D eigenvalue weighted by molar-refractivity contribution is 6.07. The molecule has 0 unspecified atom stereocenters. The third kappa shape index (κ3) is 2.99. The minimum Gasteiger partial charge on any atom is -0.382 e. The molecule has 0 aliphatic heterocycles. The van der Waals surface area contributed by atoms with E-state index in [9.17, 15) is 4.79 Å². The summed E-state index contributed by atoms with van der Waals surface area (Å²) in [6.07, 6.45) is 1.71. The number of benzene rings is 1. The number of rotatable bonds is 4. The van der Waals surface area contributed by atoms with Crippen molar-refractivity contribution in [2.75, 3.05) is 12.8 Å². The van der Waals surface area contributed by atoms with Gasteiger partial charge in [0, 0.05) is 30.1 Å². The molecule has 1 aromatic carbocycles. The number of nitrogens with two attached hydrogens (primary N) is 1. The van der Waals surface area contributed by atoms with Gasteiger partial charge in [-0.2, -0.15) is 5.10 Å². The maximum Gasteiger partial charge on any atom is 0.225 e. The lowest BCUT2D eigenvalue weighted by atomic mass is 10.1. The molecule has 0 aliphatic carbocycles. The van der Waals surface area contributed by atoms with Gasteiger partial charge in [0.2, 0.25) is 5.91 Å². The number of nitrogen functional groups attached to an aromatic ring is 1. The number of nitrogens with zero attached hydrogens (tertiary/aromatic N) is 4. The van der Waals surface area contributed by atoms with Gasteiger partial charge >= 0.3 is 0 Å². The van der Waals surface area contributed by atoms with Crippen LogP contribution in [-0.2, 0) is 11.3 Å². The highest BCUT2D eigenvalue weighted by Gasteiger charge is 2.17. The van der Waals surface area contributed by atoms with E-state index in [1.165, 1.54) is 0 Å². The summed E-state index contributed by atoms with van der Waals surface area (Å²) in [7, 11) is 1.77. The second kappa shape index (κ2) is 6.39. The fourth-order valence-corrected chi connectivity index (χ4v) is 3.22. The Morgan fingerprint density at radius 2 is 2.07 bits per heavy atom. The summed E-state index contributed by atoms with van der Waals surface area (Å²) in [6.45, 7) is 4.15. The van der Waals surface area contributed by atoms with Crippen molar-refractivity contribution in [3.63, 3.8) is 0 Å². The maximum atomic E-state index is 12.1. The first-order chi connectivity index (χ1) is 12.9. The predicted octanol–water partition coefficient (Wildman–Crippen LogP) is 2.70. The molecular weight excluding hydrogens is 342 g/mol. The largest absolute Gasteiger partial charge is 0.382 e. The molecule has 8 heteroatoms. The number of amides is 1. The van der Waals surface area contributed by atoms with E-state index in [1.54, 1.807) is 18.1 Å². The minimum absolute atomic E-state index is 0.0622. The van der Waals surface area contributed by atoms with E-state index in [4.69, 9.17) is 5.73 Å². The van der Waals surface area contributed by atoms with E-state index in [0.29, 0.717) is 23.7 Å². The zero-order valence-corrected chi connectivity index (χ0v) is 15.4. The van der Waals surface area contributed by atoms with Crippen molar-refractivity contribution in [2.24, 2.45) is 5.92 Å². The van der Waals surface area contributed by atoms with Crippen LogP contribution in [0.1, 0.15) is 19.7 Å². The Balaban J connectivity index is 1.77. The third-order valence-corrected chi connectivity index (χ3v) is 4.57. The second-order valence-electron chi connectivity index (χ2n) is 6.96. The normalized spacial score (nSPS) is 11.6. The van der Waals surface area contributed by atoms with Gasteiger partial charge in [-0.05, 0) is 18.2 Å². The Morgan fingerprint density at radius 3 is 2.78 bits per heavy atom. The summed E-state index contributed by atoms with van der Waals surface area (Å²) in [5, 5.41) is 7.84. The zero-order valence-electron chi connectivity index (χ0n) is 15.4. The highest BCUT2D eigenvalue weighted by Crippen LogP contribution is 2.29. The molecule has 3 aromatic heterocycles. The number of carbonyl (C=O) groups is 1. The van der Waals surface area contributed by atoms with Gasteiger partial charge in [-0.1, -0.05) is 19.9 Å². The van der Waals surface area contributed by atoms with Crippen LogP contribution in [0.25, 0.3) is 33.2 Å². The molecule has 0 saturated carbocycles. The Bertz CT molecular complexity index is 1130. The Hall–Kier alpha value is -3.42. The summed E-state index contributed by atoms with van der Waals surface area (Å²) in [6, 6.07) is 7.84. The molecule has 27 heavy (non-hydrogen) atoms. The number of imidazole rings is 1. The van der Waals surface area contributed by atoms with E-state index in [2.05, 4.69) is 25.1 Å². The number of hydrogen-bond acceptors (Lipinski definition) is 5. The van der Waals surface area contributed by atoms with Crippen LogP contribution >= 0.6 is 0 Å². The van der Waals surface area contributed by atoms with Crippen LogP contribution in [0.5, 0.6) is 0 Å². The molecule has 0 atom stereocenters. The summed E-state index contributed by atoms with van der Waals surface area (Å²) < 4.78 is 0. The Kier molecular flexibility index (Phi) is 4.02. The number of nitrogens with one attached hydrogen (secondary N) is 2. The minimum atomic E-state index is -0.0622. The number of pyridine rings is 1. The molecule has 3 heterocycles. The van der Waals surface area contributed by atoms with Crippen molar-refractivity contribution in [1.82, 2.24) is 30.0 Å². The molecule has 0 spiro atoms. The number of aromatic nitrogens is 5. The fraction of sp³-hybridized carbons (Fsp3) is 0.263. The Morgan fingerprint density at radius 1 is 1.26 bits per heavy atom. The summed E-state index contributed by atoms with van der Waals surface area (Å²) >= 11 is 0. The van der Waals surface area contributed by atoms with E-state index >= 15 is 0 Å². The summed E-state index contributed by atoms with van der Waals surface area (Å²) in [5.74, 6) is 1.07. The van der Waals surface area contributed by atoms with Crippen molar-refractivity contribution >= 4 is 33.7 Å². The lowest BCUT2D eigenvalue weighted by Crippen LogP contribution is -2.30. The second-order valence-corrected chi connectivity index (χ2v) is 6.96. The maximum absolute atomic E-state index is 12.1. The van der Waals surface area contributed by atoms with Crippen molar-refractivity contribution in [1.29, 1.82) is 0 Å². The molecule has 0 aliphatic rings. The lowest BCUT2D eigenvalue weighted by molar-refractivity contribution is -0.133. The van der Waals surface area contributed by atoms with Gasteiger partial charge in [0.15, 0.2) is 0 Å². The van der Waals surface area contributed by atoms with E-state index in [-0.39, 0.29) is 11.8 Å². The van der Waals surface area contributed by atoms with Crippen molar-refractivity contribution in [2.45, 2.75) is 20.4 Å². The lowest BCUT2D eigenvalue weighted by Gasteiger charge is -2.17. The molecule has 0 bridgehead atoms. The fourth-order valence-electron chi connectivity index (χ4n) is 3.22. The average molecular weight is 363 g/mol. The molecule has 4 N–H and O–H groups in total. The van der Waals surface area contributed by atoms with Gasteiger partial charge in [0.25, 0.3) is 0 Å². The first-order valence-electron chi connectivity index (χ1n) is 8.76. The third-order valence-electron chi connectivity index (χ3n) is 4.57. The van der Waals surface area contributed by atoms with Crippen LogP contribution in [0.15, 0.2) is 30.5 Å². The van der Waals surface area contributed by atoms with Gasteiger partial charge in [-0.15, -0.1) is 0 Å². The average Bonchev–Trinajstić information content (AvgIpc) is 3.30. The molecule has 0 saturated heterocycles. The van der Waals surface area contributed by atoms with Crippen molar-refractivity contribution in [3.8, 4) is 11.3 Å². The van der Waals surface area contributed by atoms with Crippen LogP contribution in [0.3, 0.4) is 0 Å². The molecule has 4 rings (SSSR count). The van der Waals surface area contributed by atoms with E-state index in [0.717, 1.165) is 27.7 Å². The molecule has 138 valence electrons. The van der Waals surface area contributed by atoms with Gasteiger partial charge in [-0.25, -0.2) is 9.97 Å². The van der Waals surface area contributed by atoms with E-state index < -0.39 is 0 Å².